The third-order valence-corrected chi connectivity index (χ3v) is 2.46. The highest BCUT2D eigenvalue weighted by Crippen LogP contribution is 2.15. The molecule has 96 valence electrons. The first-order chi connectivity index (χ1) is 8.65. The molecule has 0 aliphatic carbocycles. The number of ether oxygens (including phenoxy) is 3. The fourth-order valence-electron chi connectivity index (χ4n) is 1.32. The van der Waals surface area contributed by atoms with Crippen molar-refractivity contribution in [1.29, 1.82) is 0 Å². The largest absolute Gasteiger partial charge is 0.423 e. The summed E-state index contributed by atoms with van der Waals surface area (Å²) >= 11 is 0. The fourth-order valence-corrected chi connectivity index (χ4v) is 1.32. The topological polar surface area (TPSA) is 48.1 Å². The Morgan fingerprint density at radius 3 is 2.67 bits per heavy atom. The predicted octanol–water partition coefficient (Wildman–Crippen LogP) is 2.08. The summed E-state index contributed by atoms with van der Waals surface area (Å²) in [6.45, 7) is 7.11. The Kier molecular flexibility index (Phi) is 4.12. The lowest BCUT2D eigenvalue weighted by molar-refractivity contribution is -0.130. The summed E-state index contributed by atoms with van der Waals surface area (Å²) in [5.41, 5.74) is 1.41. The molecule has 1 unspecified atom stereocenters. The number of esters is 1. The van der Waals surface area contributed by atoms with Crippen LogP contribution in [0.4, 0.5) is 0 Å². The first-order valence-electron chi connectivity index (χ1n) is 5.81. The van der Waals surface area contributed by atoms with Crippen LogP contribution < -0.4 is 4.74 Å². The van der Waals surface area contributed by atoms with Gasteiger partial charge >= 0.3 is 5.97 Å². The summed E-state index contributed by atoms with van der Waals surface area (Å²) < 4.78 is 15.6. The van der Waals surface area contributed by atoms with Crippen LogP contribution in [0.25, 0.3) is 0 Å². The molecule has 1 heterocycles. The Morgan fingerprint density at radius 1 is 1.44 bits per heavy atom. The number of hydrogen-bond donors (Lipinski definition) is 0. The molecule has 1 aliphatic heterocycles. The van der Waals surface area contributed by atoms with Crippen molar-refractivity contribution in [1.82, 2.24) is 0 Å². The molecule has 1 saturated heterocycles. The van der Waals surface area contributed by atoms with Crippen LogP contribution in [0.2, 0.25) is 0 Å². The van der Waals surface area contributed by atoms with Gasteiger partial charge in [0.05, 0.1) is 19.8 Å². The van der Waals surface area contributed by atoms with Crippen LogP contribution in [-0.2, 0) is 20.9 Å². The zero-order chi connectivity index (χ0) is 13.0. The number of benzene rings is 1. The van der Waals surface area contributed by atoms with Gasteiger partial charge in [-0.15, -0.1) is 0 Å². The van der Waals surface area contributed by atoms with E-state index >= 15 is 0 Å². The minimum atomic E-state index is -0.412. The zero-order valence-electron chi connectivity index (χ0n) is 10.3. The van der Waals surface area contributed by atoms with Crippen molar-refractivity contribution in [3.05, 3.63) is 42.0 Å². The van der Waals surface area contributed by atoms with Crippen LogP contribution >= 0.6 is 0 Å². The lowest BCUT2D eigenvalue weighted by Gasteiger charge is -2.05. The van der Waals surface area contributed by atoms with E-state index in [-0.39, 0.29) is 6.10 Å². The van der Waals surface area contributed by atoms with Crippen molar-refractivity contribution in [2.24, 2.45) is 0 Å². The maximum atomic E-state index is 11.3. The number of carbonyl (C=O) groups is 1. The van der Waals surface area contributed by atoms with Crippen LogP contribution in [-0.4, -0.2) is 25.3 Å². The molecule has 0 saturated carbocycles. The minimum absolute atomic E-state index is 0.279. The van der Waals surface area contributed by atoms with Gasteiger partial charge in [-0.05, 0) is 24.6 Å². The summed E-state index contributed by atoms with van der Waals surface area (Å²) in [6, 6.07) is 7.23. The highest BCUT2D eigenvalue weighted by molar-refractivity contribution is 5.88. The highest BCUT2D eigenvalue weighted by Gasteiger charge is 2.22. The second-order valence-electron chi connectivity index (χ2n) is 4.28. The summed E-state index contributed by atoms with van der Waals surface area (Å²) in [5.74, 6) is 0.0992. The molecule has 0 amide bonds. The van der Waals surface area contributed by atoms with Gasteiger partial charge in [0, 0.05) is 5.57 Å². The zero-order valence-corrected chi connectivity index (χ0v) is 10.3. The molecule has 4 heteroatoms. The van der Waals surface area contributed by atoms with Crippen LogP contribution in [0.5, 0.6) is 5.75 Å². The standard InChI is InChI=1S/C14H16O4/c1-10(2)14(15)18-12-5-3-11(4-6-12)7-16-8-13-9-17-13/h3-6,13H,1,7-9H2,2H3. The molecule has 18 heavy (non-hydrogen) atoms. The van der Waals surface area contributed by atoms with E-state index in [2.05, 4.69) is 6.58 Å². The second kappa shape index (κ2) is 5.80. The molecular weight excluding hydrogens is 232 g/mol. The van der Waals surface area contributed by atoms with Crippen LogP contribution in [0.3, 0.4) is 0 Å². The molecule has 1 fully saturated rings. The Morgan fingerprint density at radius 2 is 2.11 bits per heavy atom. The van der Waals surface area contributed by atoms with E-state index in [4.69, 9.17) is 14.2 Å². The molecule has 1 aromatic rings. The molecule has 4 nitrogen and oxygen atoms in total. The van der Waals surface area contributed by atoms with Crippen molar-refractivity contribution < 1.29 is 19.0 Å². The quantitative estimate of drug-likeness (QED) is 0.335. The molecule has 2 rings (SSSR count). The Hall–Kier alpha value is -1.65. The van der Waals surface area contributed by atoms with Gasteiger partial charge in [0.25, 0.3) is 0 Å². The first-order valence-corrected chi connectivity index (χ1v) is 5.81. The van der Waals surface area contributed by atoms with Gasteiger partial charge < -0.3 is 14.2 Å². The van der Waals surface area contributed by atoms with Gasteiger partial charge in [0.2, 0.25) is 0 Å². The van der Waals surface area contributed by atoms with Crippen molar-refractivity contribution in [3.8, 4) is 5.75 Å². The molecule has 1 aliphatic rings. The van der Waals surface area contributed by atoms with E-state index in [0.29, 0.717) is 24.5 Å². The van der Waals surface area contributed by atoms with Crippen LogP contribution in [0, 0.1) is 0 Å². The lowest BCUT2D eigenvalue weighted by Crippen LogP contribution is -2.08. The molecule has 0 spiro atoms. The van der Waals surface area contributed by atoms with Crippen LogP contribution in [0.1, 0.15) is 12.5 Å². The third-order valence-electron chi connectivity index (χ3n) is 2.46. The maximum absolute atomic E-state index is 11.3. The average Bonchev–Trinajstić information content (AvgIpc) is 3.15. The van der Waals surface area contributed by atoms with E-state index in [0.717, 1.165) is 12.2 Å². The van der Waals surface area contributed by atoms with Crippen molar-refractivity contribution in [3.63, 3.8) is 0 Å². The highest BCUT2D eigenvalue weighted by atomic mass is 16.6. The monoisotopic (exact) mass is 248 g/mol. The summed E-state index contributed by atoms with van der Waals surface area (Å²) in [6.07, 6.45) is 0.279. The summed E-state index contributed by atoms with van der Waals surface area (Å²) in [4.78, 5) is 11.3. The maximum Gasteiger partial charge on any atom is 0.338 e. The molecule has 0 bridgehead atoms. The SMILES string of the molecule is C=C(C)C(=O)Oc1ccc(COCC2CO2)cc1. The number of carbonyl (C=O) groups excluding carboxylic acids is 1. The van der Waals surface area contributed by atoms with E-state index < -0.39 is 5.97 Å². The minimum Gasteiger partial charge on any atom is -0.423 e. The summed E-state index contributed by atoms with van der Waals surface area (Å²) in [7, 11) is 0. The number of epoxide rings is 1. The Labute approximate surface area is 106 Å². The van der Waals surface area contributed by atoms with Crippen molar-refractivity contribution in [2.45, 2.75) is 19.6 Å². The molecule has 1 atom stereocenters. The molecule has 0 radical (unpaired) electrons. The average molecular weight is 248 g/mol. The first kappa shape index (κ1) is 12.8. The molecule has 1 aromatic carbocycles. The van der Waals surface area contributed by atoms with Gasteiger partial charge in [-0.3, -0.25) is 0 Å². The predicted molar refractivity (Wildman–Crippen MR) is 66.3 cm³/mol. The Bertz CT molecular complexity index is 432. The smallest absolute Gasteiger partial charge is 0.338 e. The lowest BCUT2D eigenvalue weighted by atomic mass is 10.2. The van der Waals surface area contributed by atoms with E-state index in [9.17, 15) is 4.79 Å². The van der Waals surface area contributed by atoms with Gasteiger partial charge in [0.1, 0.15) is 11.9 Å². The van der Waals surface area contributed by atoms with Gasteiger partial charge in [-0.2, -0.15) is 0 Å². The van der Waals surface area contributed by atoms with Gasteiger partial charge in [-0.1, -0.05) is 18.7 Å². The molecule has 0 N–H and O–H groups in total. The van der Waals surface area contributed by atoms with Gasteiger partial charge in [-0.25, -0.2) is 4.79 Å². The molecular formula is C14H16O4. The van der Waals surface area contributed by atoms with Gasteiger partial charge in [0.15, 0.2) is 0 Å². The van der Waals surface area contributed by atoms with E-state index in [1.54, 1.807) is 19.1 Å². The Balaban J connectivity index is 1.80. The van der Waals surface area contributed by atoms with Crippen molar-refractivity contribution >= 4 is 5.97 Å². The summed E-state index contributed by atoms with van der Waals surface area (Å²) in [5, 5.41) is 0. The second-order valence-corrected chi connectivity index (χ2v) is 4.28. The number of hydrogen-bond acceptors (Lipinski definition) is 4. The van der Waals surface area contributed by atoms with Crippen LogP contribution in [0.15, 0.2) is 36.4 Å². The number of rotatable bonds is 6. The van der Waals surface area contributed by atoms with Crippen molar-refractivity contribution in [2.75, 3.05) is 13.2 Å². The van der Waals surface area contributed by atoms with E-state index in [1.807, 2.05) is 12.1 Å². The fraction of sp³-hybridized carbons (Fsp3) is 0.357. The molecule has 0 aromatic heterocycles. The normalized spacial score (nSPS) is 17.3. The third kappa shape index (κ3) is 3.98. The van der Waals surface area contributed by atoms with E-state index in [1.165, 1.54) is 0 Å².